The van der Waals surface area contributed by atoms with Crippen LogP contribution in [0.5, 0.6) is 0 Å². The van der Waals surface area contributed by atoms with E-state index in [1.807, 2.05) is 18.2 Å². The molecule has 0 amide bonds. The summed E-state index contributed by atoms with van der Waals surface area (Å²) >= 11 is 6.01. The molecule has 0 aliphatic heterocycles. The zero-order valence-corrected chi connectivity index (χ0v) is 11.0. The van der Waals surface area contributed by atoms with Gasteiger partial charge in [0.05, 0.1) is 0 Å². The Bertz CT molecular complexity index is 357. The molecular weight excluding hydrogens is 232 g/mol. The Kier molecular flexibility index (Phi) is 4.30. The van der Waals surface area contributed by atoms with Crippen molar-refractivity contribution in [2.45, 2.75) is 44.1 Å². The first-order valence-corrected chi connectivity index (χ1v) is 6.86. The fourth-order valence-corrected chi connectivity index (χ4v) is 2.85. The molecule has 0 atom stereocenters. The minimum absolute atomic E-state index is 0.0706. The Morgan fingerprint density at radius 3 is 2.47 bits per heavy atom. The van der Waals surface area contributed by atoms with Crippen LogP contribution >= 0.6 is 11.6 Å². The van der Waals surface area contributed by atoms with Crippen LogP contribution in [0.25, 0.3) is 0 Å². The molecule has 94 valence electrons. The molecule has 3 N–H and O–H groups in total. The molecule has 1 aromatic rings. The topological polar surface area (TPSA) is 38.0 Å². The number of benzene rings is 1. The van der Waals surface area contributed by atoms with Gasteiger partial charge in [0.25, 0.3) is 0 Å². The molecule has 0 unspecified atom stereocenters. The second kappa shape index (κ2) is 5.74. The number of anilines is 1. The molecule has 0 saturated heterocycles. The van der Waals surface area contributed by atoms with Gasteiger partial charge >= 0.3 is 0 Å². The molecule has 1 aliphatic rings. The van der Waals surface area contributed by atoms with Gasteiger partial charge in [0.2, 0.25) is 0 Å². The van der Waals surface area contributed by atoms with Crippen LogP contribution < -0.4 is 11.1 Å². The van der Waals surface area contributed by atoms with E-state index >= 15 is 0 Å². The van der Waals surface area contributed by atoms with Crippen molar-refractivity contribution in [3.05, 3.63) is 29.3 Å². The Labute approximate surface area is 109 Å². The lowest BCUT2D eigenvalue weighted by molar-refractivity contribution is 0.418. The van der Waals surface area contributed by atoms with Gasteiger partial charge in [-0.15, -0.1) is 0 Å². The molecule has 1 fully saturated rings. The van der Waals surface area contributed by atoms with Gasteiger partial charge in [-0.25, -0.2) is 0 Å². The Balaban J connectivity index is 2.12. The molecule has 2 rings (SSSR count). The predicted molar refractivity (Wildman–Crippen MR) is 74.6 cm³/mol. The van der Waals surface area contributed by atoms with Crippen LogP contribution in [0.2, 0.25) is 5.02 Å². The minimum atomic E-state index is 0.0706. The molecule has 1 aliphatic carbocycles. The molecule has 0 radical (unpaired) electrons. The number of nitrogens with two attached hydrogens (primary N) is 1. The molecule has 0 bridgehead atoms. The van der Waals surface area contributed by atoms with Crippen molar-refractivity contribution >= 4 is 17.3 Å². The first kappa shape index (κ1) is 12.7. The fraction of sp³-hybridized carbons (Fsp3) is 0.571. The fourth-order valence-electron chi connectivity index (χ4n) is 2.66. The van der Waals surface area contributed by atoms with Crippen LogP contribution in [0.1, 0.15) is 38.5 Å². The van der Waals surface area contributed by atoms with Gasteiger partial charge in [-0.3, -0.25) is 0 Å². The summed E-state index contributed by atoms with van der Waals surface area (Å²) in [6.07, 6.45) is 7.53. The lowest BCUT2D eigenvalue weighted by Crippen LogP contribution is -2.45. The lowest BCUT2D eigenvalue weighted by atomic mass is 9.90. The molecule has 0 aromatic heterocycles. The van der Waals surface area contributed by atoms with E-state index in [1.54, 1.807) is 0 Å². The minimum Gasteiger partial charge on any atom is -0.378 e. The molecule has 0 spiro atoms. The van der Waals surface area contributed by atoms with Crippen molar-refractivity contribution in [3.63, 3.8) is 0 Å². The molecule has 3 heteroatoms. The van der Waals surface area contributed by atoms with Gasteiger partial charge < -0.3 is 11.1 Å². The van der Waals surface area contributed by atoms with Crippen LogP contribution in [0.3, 0.4) is 0 Å². The van der Waals surface area contributed by atoms with Gasteiger partial charge in [-0.2, -0.15) is 0 Å². The first-order chi connectivity index (χ1) is 8.24. The van der Waals surface area contributed by atoms with E-state index in [1.165, 1.54) is 25.7 Å². The summed E-state index contributed by atoms with van der Waals surface area (Å²) in [6, 6.07) is 7.92. The van der Waals surface area contributed by atoms with Crippen molar-refractivity contribution in [3.8, 4) is 0 Å². The SMILES string of the molecule is NCC1(Nc2cccc(Cl)c2)CCCCCC1. The maximum atomic E-state index is 6.01. The van der Waals surface area contributed by atoms with E-state index in [-0.39, 0.29) is 5.54 Å². The monoisotopic (exact) mass is 252 g/mol. The van der Waals surface area contributed by atoms with Gasteiger partial charge in [-0.1, -0.05) is 43.4 Å². The van der Waals surface area contributed by atoms with Crippen LogP contribution in [0.15, 0.2) is 24.3 Å². The van der Waals surface area contributed by atoms with E-state index in [4.69, 9.17) is 17.3 Å². The summed E-state index contributed by atoms with van der Waals surface area (Å²) in [4.78, 5) is 0. The van der Waals surface area contributed by atoms with Crippen LogP contribution in [-0.2, 0) is 0 Å². The van der Waals surface area contributed by atoms with Gasteiger partial charge in [0.1, 0.15) is 0 Å². The Hall–Kier alpha value is -0.730. The third kappa shape index (κ3) is 3.36. The predicted octanol–water partition coefficient (Wildman–Crippen LogP) is 3.80. The Morgan fingerprint density at radius 2 is 1.88 bits per heavy atom. The number of rotatable bonds is 3. The third-order valence-electron chi connectivity index (χ3n) is 3.69. The zero-order chi connectivity index (χ0) is 12.1. The average Bonchev–Trinajstić information content (AvgIpc) is 2.55. The molecule has 2 nitrogen and oxygen atoms in total. The van der Waals surface area contributed by atoms with E-state index in [0.29, 0.717) is 6.54 Å². The number of hydrogen-bond donors (Lipinski definition) is 2. The highest BCUT2D eigenvalue weighted by Crippen LogP contribution is 2.30. The summed E-state index contributed by atoms with van der Waals surface area (Å²) in [5, 5.41) is 4.39. The van der Waals surface area contributed by atoms with Crippen molar-refractivity contribution in [2.75, 3.05) is 11.9 Å². The van der Waals surface area contributed by atoms with Crippen LogP contribution in [-0.4, -0.2) is 12.1 Å². The summed E-state index contributed by atoms with van der Waals surface area (Å²) in [6.45, 7) is 0.694. The summed E-state index contributed by atoms with van der Waals surface area (Å²) in [5.41, 5.74) is 7.16. The number of nitrogens with one attached hydrogen (secondary N) is 1. The van der Waals surface area contributed by atoms with E-state index in [0.717, 1.165) is 23.6 Å². The summed E-state index contributed by atoms with van der Waals surface area (Å²) in [5.74, 6) is 0. The average molecular weight is 253 g/mol. The number of hydrogen-bond acceptors (Lipinski definition) is 2. The molecular formula is C14H21ClN2. The van der Waals surface area contributed by atoms with Crippen molar-refractivity contribution in [2.24, 2.45) is 5.73 Å². The largest absolute Gasteiger partial charge is 0.378 e. The lowest BCUT2D eigenvalue weighted by Gasteiger charge is -2.34. The normalized spacial score (nSPS) is 19.6. The third-order valence-corrected chi connectivity index (χ3v) is 3.92. The molecule has 1 saturated carbocycles. The molecule has 0 heterocycles. The zero-order valence-electron chi connectivity index (χ0n) is 10.2. The molecule has 1 aromatic carbocycles. The second-order valence-corrected chi connectivity index (χ2v) is 5.47. The highest BCUT2D eigenvalue weighted by Gasteiger charge is 2.29. The molecule has 17 heavy (non-hydrogen) atoms. The maximum Gasteiger partial charge on any atom is 0.0495 e. The van der Waals surface area contributed by atoms with Crippen molar-refractivity contribution in [1.82, 2.24) is 0 Å². The standard InChI is InChI=1S/C14H21ClN2/c15-12-6-5-7-13(10-12)17-14(11-16)8-3-1-2-4-9-14/h5-7,10,17H,1-4,8-9,11,16H2. The van der Waals surface area contributed by atoms with Crippen molar-refractivity contribution < 1.29 is 0 Å². The van der Waals surface area contributed by atoms with E-state index < -0.39 is 0 Å². The van der Waals surface area contributed by atoms with Gasteiger partial charge in [0.15, 0.2) is 0 Å². The first-order valence-electron chi connectivity index (χ1n) is 6.48. The van der Waals surface area contributed by atoms with Gasteiger partial charge in [-0.05, 0) is 31.0 Å². The highest BCUT2D eigenvalue weighted by atomic mass is 35.5. The smallest absolute Gasteiger partial charge is 0.0495 e. The quantitative estimate of drug-likeness (QED) is 0.803. The van der Waals surface area contributed by atoms with E-state index in [2.05, 4.69) is 11.4 Å². The summed E-state index contributed by atoms with van der Waals surface area (Å²) < 4.78 is 0. The van der Waals surface area contributed by atoms with Crippen LogP contribution in [0, 0.1) is 0 Å². The second-order valence-electron chi connectivity index (χ2n) is 5.03. The Morgan fingerprint density at radius 1 is 1.18 bits per heavy atom. The van der Waals surface area contributed by atoms with Gasteiger partial charge in [0, 0.05) is 22.8 Å². The maximum absolute atomic E-state index is 6.01. The number of halogens is 1. The van der Waals surface area contributed by atoms with E-state index in [9.17, 15) is 0 Å². The van der Waals surface area contributed by atoms with Crippen molar-refractivity contribution in [1.29, 1.82) is 0 Å². The highest BCUT2D eigenvalue weighted by molar-refractivity contribution is 6.30. The summed E-state index contributed by atoms with van der Waals surface area (Å²) in [7, 11) is 0. The van der Waals surface area contributed by atoms with Crippen LogP contribution in [0.4, 0.5) is 5.69 Å².